The third kappa shape index (κ3) is 12.4. The highest BCUT2D eigenvalue weighted by atomic mass is 127. The summed E-state index contributed by atoms with van der Waals surface area (Å²) in [4.78, 5) is 18.4. The highest BCUT2D eigenvalue weighted by Gasteiger charge is 2.15. The lowest BCUT2D eigenvalue weighted by molar-refractivity contribution is -0.120. The van der Waals surface area contributed by atoms with Gasteiger partial charge in [0.2, 0.25) is 5.91 Å². The first-order valence-corrected chi connectivity index (χ1v) is 9.07. The van der Waals surface area contributed by atoms with Crippen molar-refractivity contribution in [1.82, 2.24) is 20.9 Å². The number of rotatable bonds is 10. The molecular formula is C17H36IN5O2. The van der Waals surface area contributed by atoms with Gasteiger partial charge in [0.25, 0.3) is 0 Å². The molecule has 0 aromatic carbocycles. The predicted molar refractivity (Wildman–Crippen MR) is 114 cm³/mol. The fraction of sp³-hybridized carbons (Fsp3) is 0.882. The maximum atomic E-state index is 12.0. The number of halogens is 1. The Morgan fingerprint density at radius 1 is 1.20 bits per heavy atom. The summed E-state index contributed by atoms with van der Waals surface area (Å²) in [5.41, 5.74) is 0. The van der Waals surface area contributed by atoms with Crippen molar-refractivity contribution in [3.05, 3.63) is 0 Å². The molecule has 0 aromatic heterocycles. The zero-order valence-electron chi connectivity index (χ0n) is 16.0. The average Bonchev–Trinajstić information content (AvgIpc) is 2.59. The second-order valence-electron chi connectivity index (χ2n) is 6.40. The van der Waals surface area contributed by atoms with Gasteiger partial charge in [-0.15, -0.1) is 24.0 Å². The Balaban J connectivity index is 0.00000576. The van der Waals surface area contributed by atoms with E-state index in [1.54, 1.807) is 14.2 Å². The third-order valence-electron chi connectivity index (χ3n) is 4.28. The van der Waals surface area contributed by atoms with Crippen molar-refractivity contribution in [2.24, 2.45) is 4.99 Å². The van der Waals surface area contributed by atoms with Crippen LogP contribution >= 0.6 is 24.0 Å². The number of hydrogen-bond acceptors (Lipinski definition) is 4. The van der Waals surface area contributed by atoms with Crippen LogP contribution in [0, 0.1) is 0 Å². The molecule has 1 amide bonds. The van der Waals surface area contributed by atoms with Gasteiger partial charge in [0.05, 0.1) is 6.54 Å². The standard InChI is InChI=1S/C17H35N5O2.HI/c1-18-17(19-10-12-22(2)11-7-13-24-3)20-14-16(23)21-15-8-5-4-6-9-15;/h15H,4-14H2,1-3H3,(H,21,23)(H2,18,19,20);1H. The van der Waals surface area contributed by atoms with Gasteiger partial charge in [0.1, 0.15) is 0 Å². The summed E-state index contributed by atoms with van der Waals surface area (Å²) in [7, 11) is 5.53. The van der Waals surface area contributed by atoms with Gasteiger partial charge in [-0.3, -0.25) is 9.79 Å². The Morgan fingerprint density at radius 3 is 2.56 bits per heavy atom. The number of ether oxygens (including phenoxy) is 1. The molecule has 0 aliphatic heterocycles. The normalized spacial score (nSPS) is 15.6. The van der Waals surface area contributed by atoms with Crippen LogP contribution in [0.1, 0.15) is 38.5 Å². The van der Waals surface area contributed by atoms with Crippen molar-refractivity contribution in [2.75, 3.05) is 54.0 Å². The van der Waals surface area contributed by atoms with Crippen LogP contribution in [0.5, 0.6) is 0 Å². The summed E-state index contributed by atoms with van der Waals surface area (Å²) >= 11 is 0. The minimum atomic E-state index is 0. The zero-order chi connectivity index (χ0) is 17.6. The molecular weight excluding hydrogens is 433 g/mol. The highest BCUT2D eigenvalue weighted by Crippen LogP contribution is 2.16. The molecule has 25 heavy (non-hydrogen) atoms. The summed E-state index contributed by atoms with van der Waals surface area (Å²) in [5.74, 6) is 0.709. The second kappa shape index (κ2) is 15.6. The largest absolute Gasteiger partial charge is 0.385 e. The minimum absolute atomic E-state index is 0. The first kappa shape index (κ1) is 24.4. The fourth-order valence-corrected chi connectivity index (χ4v) is 2.87. The van der Waals surface area contributed by atoms with Gasteiger partial charge in [-0.05, 0) is 26.3 Å². The van der Waals surface area contributed by atoms with E-state index in [0.29, 0.717) is 12.0 Å². The quantitative estimate of drug-likeness (QED) is 0.194. The van der Waals surface area contributed by atoms with E-state index in [2.05, 4.69) is 32.9 Å². The van der Waals surface area contributed by atoms with Crippen LogP contribution in [0.2, 0.25) is 0 Å². The summed E-state index contributed by atoms with van der Waals surface area (Å²) in [6.07, 6.45) is 6.98. The summed E-state index contributed by atoms with van der Waals surface area (Å²) in [6.45, 7) is 3.76. The minimum Gasteiger partial charge on any atom is -0.385 e. The molecule has 1 rings (SSSR count). The van der Waals surface area contributed by atoms with E-state index in [9.17, 15) is 4.79 Å². The number of methoxy groups -OCH3 is 1. The molecule has 0 saturated heterocycles. The van der Waals surface area contributed by atoms with Crippen LogP contribution in [0.25, 0.3) is 0 Å². The van der Waals surface area contributed by atoms with Crippen LogP contribution < -0.4 is 16.0 Å². The van der Waals surface area contributed by atoms with E-state index in [1.165, 1.54) is 19.3 Å². The summed E-state index contributed by atoms with van der Waals surface area (Å²) in [6, 6.07) is 0.351. The van der Waals surface area contributed by atoms with E-state index in [1.807, 2.05) is 0 Å². The van der Waals surface area contributed by atoms with Gasteiger partial charge < -0.3 is 25.6 Å². The van der Waals surface area contributed by atoms with Gasteiger partial charge in [-0.1, -0.05) is 19.3 Å². The molecule has 0 unspecified atom stereocenters. The molecule has 0 atom stereocenters. The summed E-state index contributed by atoms with van der Waals surface area (Å²) < 4.78 is 5.05. The number of likely N-dealkylation sites (N-methyl/N-ethyl adjacent to an activating group) is 1. The van der Waals surface area contributed by atoms with Gasteiger partial charge in [-0.2, -0.15) is 0 Å². The van der Waals surface area contributed by atoms with Crippen molar-refractivity contribution in [3.63, 3.8) is 0 Å². The lowest BCUT2D eigenvalue weighted by Crippen LogP contribution is -2.47. The average molecular weight is 469 g/mol. The van der Waals surface area contributed by atoms with Gasteiger partial charge in [-0.25, -0.2) is 0 Å². The Morgan fingerprint density at radius 2 is 1.92 bits per heavy atom. The Hall–Kier alpha value is -0.610. The van der Waals surface area contributed by atoms with Crippen LogP contribution in [-0.4, -0.2) is 76.8 Å². The van der Waals surface area contributed by atoms with Gasteiger partial charge >= 0.3 is 0 Å². The number of nitrogens with one attached hydrogen (secondary N) is 3. The molecule has 0 bridgehead atoms. The number of guanidine groups is 1. The number of carbonyl (C=O) groups is 1. The van der Waals surface area contributed by atoms with Crippen LogP contribution in [0.15, 0.2) is 4.99 Å². The van der Waals surface area contributed by atoms with Crippen LogP contribution in [0.3, 0.4) is 0 Å². The predicted octanol–water partition coefficient (Wildman–Crippen LogP) is 1.19. The number of aliphatic imine (C=N–C) groups is 1. The maximum Gasteiger partial charge on any atom is 0.239 e. The molecule has 7 nitrogen and oxygen atoms in total. The van der Waals surface area contributed by atoms with Crippen molar-refractivity contribution < 1.29 is 9.53 Å². The number of carbonyl (C=O) groups excluding carboxylic acids is 1. The molecule has 3 N–H and O–H groups in total. The Bertz CT molecular complexity index is 376. The summed E-state index contributed by atoms with van der Waals surface area (Å²) in [5, 5.41) is 9.41. The smallest absolute Gasteiger partial charge is 0.239 e. The highest BCUT2D eigenvalue weighted by molar-refractivity contribution is 14.0. The van der Waals surface area contributed by atoms with Crippen LogP contribution in [0.4, 0.5) is 0 Å². The molecule has 0 aromatic rings. The first-order chi connectivity index (χ1) is 11.7. The lowest BCUT2D eigenvalue weighted by Gasteiger charge is -2.23. The maximum absolute atomic E-state index is 12.0. The first-order valence-electron chi connectivity index (χ1n) is 9.07. The fourth-order valence-electron chi connectivity index (χ4n) is 2.87. The van der Waals surface area contributed by atoms with E-state index < -0.39 is 0 Å². The number of amides is 1. The SMILES string of the molecule is CN=C(NCCN(C)CCCOC)NCC(=O)NC1CCCCC1.I. The monoisotopic (exact) mass is 469 g/mol. The van der Waals surface area contributed by atoms with Gasteiger partial charge in [0.15, 0.2) is 5.96 Å². The van der Waals surface area contributed by atoms with Crippen molar-refractivity contribution in [1.29, 1.82) is 0 Å². The van der Waals surface area contributed by atoms with E-state index >= 15 is 0 Å². The molecule has 148 valence electrons. The molecule has 1 fully saturated rings. The molecule has 0 radical (unpaired) electrons. The molecule has 0 spiro atoms. The van der Waals surface area contributed by atoms with E-state index in [4.69, 9.17) is 4.74 Å². The second-order valence-corrected chi connectivity index (χ2v) is 6.40. The Labute approximate surface area is 169 Å². The molecule has 1 saturated carbocycles. The van der Waals surface area contributed by atoms with Crippen molar-refractivity contribution >= 4 is 35.8 Å². The number of nitrogens with zero attached hydrogens (tertiary/aromatic N) is 2. The van der Waals surface area contributed by atoms with Crippen molar-refractivity contribution in [3.8, 4) is 0 Å². The Kier molecular flexibility index (Phi) is 15.2. The van der Waals surface area contributed by atoms with Crippen molar-refractivity contribution in [2.45, 2.75) is 44.6 Å². The van der Waals surface area contributed by atoms with Crippen LogP contribution in [-0.2, 0) is 9.53 Å². The molecule has 1 aliphatic carbocycles. The molecule has 0 heterocycles. The topological polar surface area (TPSA) is 78.0 Å². The zero-order valence-corrected chi connectivity index (χ0v) is 18.3. The van der Waals surface area contributed by atoms with E-state index in [-0.39, 0.29) is 36.4 Å². The molecule has 8 heteroatoms. The van der Waals surface area contributed by atoms with E-state index in [0.717, 1.165) is 45.5 Å². The van der Waals surface area contributed by atoms with Gasteiger partial charge in [0, 0.05) is 46.4 Å². The lowest BCUT2D eigenvalue weighted by atomic mass is 9.95. The number of hydrogen-bond donors (Lipinski definition) is 3. The third-order valence-corrected chi connectivity index (χ3v) is 4.28. The molecule has 1 aliphatic rings.